The second-order valence-corrected chi connectivity index (χ2v) is 4.04. The zero-order valence-corrected chi connectivity index (χ0v) is 10.2. The standard InChI is InChI=1S/C13H16O5/c1-2-10(13(14)15)16-6-5-9-3-4-11-12(7-9)18-8-17-11/h3-4,7,10H,2,5-6,8H2,1H3,(H,14,15). The summed E-state index contributed by atoms with van der Waals surface area (Å²) in [6, 6.07) is 5.68. The van der Waals surface area contributed by atoms with Crippen LogP contribution in [0.3, 0.4) is 0 Å². The van der Waals surface area contributed by atoms with E-state index in [4.69, 9.17) is 19.3 Å². The predicted molar refractivity (Wildman–Crippen MR) is 63.9 cm³/mol. The van der Waals surface area contributed by atoms with Crippen molar-refractivity contribution in [2.45, 2.75) is 25.9 Å². The normalized spacial score (nSPS) is 14.5. The highest BCUT2D eigenvalue weighted by Gasteiger charge is 2.16. The van der Waals surface area contributed by atoms with Crippen molar-refractivity contribution in [3.05, 3.63) is 23.8 Å². The summed E-state index contributed by atoms with van der Waals surface area (Å²) in [6.07, 6.45) is 0.399. The van der Waals surface area contributed by atoms with Gasteiger partial charge in [0.2, 0.25) is 6.79 Å². The zero-order chi connectivity index (χ0) is 13.0. The Balaban J connectivity index is 1.85. The highest BCUT2D eigenvalue weighted by molar-refractivity contribution is 5.72. The van der Waals surface area contributed by atoms with E-state index in [1.807, 2.05) is 18.2 Å². The van der Waals surface area contributed by atoms with Gasteiger partial charge in [-0.05, 0) is 30.5 Å². The Kier molecular flexibility index (Phi) is 4.04. The van der Waals surface area contributed by atoms with Crippen molar-refractivity contribution in [3.63, 3.8) is 0 Å². The molecule has 0 aliphatic carbocycles. The van der Waals surface area contributed by atoms with Crippen LogP contribution in [0.1, 0.15) is 18.9 Å². The van der Waals surface area contributed by atoms with Crippen LogP contribution >= 0.6 is 0 Å². The Hall–Kier alpha value is -1.75. The first-order valence-electron chi connectivity index (χ1n) is 5.93. The summed E-state index contributed by atoms with van der Waals surface area (Å²) in [7, 11) is 0. The van der Waals surface area contributed by atoms with Crippen molar-refractivity contribution in [2.75, 3.05) is 13.4 Å². The summed E-state index contributed by atoms with van der Waals surface area (Å²) >= 11 is 0. The number of benzene rings is 1. The predicted octanol–water partition coefficient (Wildman–Crippen LogP) is 1.84. The molecule has 18 heavy (non-hydrogen) atoms. The fraction of sp³-hybridized carbons (Fsp3) is 0.462. The molecule has 0 fully saturated rings. The number of fused-ring (bicyclic) bond motifs is 1. The van der Waals surface area contributed by atoms with Gasteiger partial charge < -0.3 is 19.3 Å². The third kappa shape index (κ3) is 2.92. The molecule has 5 heteroatoms. The molecule has 5 nitrogen and oxygen atoms in total. The van der Waals surface area contributed by atoms with Gasteiger partial charge in [-0.1, -0.05) is 13.0 Å². The second kappa shape index (κ2) is 5.73. The van der Waals surface area contributed by atoms with E-state index in [2.05, 4.69) is 0 Å². The molecule has 0 radical (unpaired) electrons. The maximum atomic E-state index is 10.8. The Morgan fingerprint density at radius 3 is 2.94 bits per heavy atom. The highest BCUT2D eigenvalue weighted by atomic mass is 16.7. The van der Waals surface area contributed by atoms with Crippen LogP contribution in [-0.4, -0.2) is 30.6 Å². The van der Waals surface area contributed by atoms with E-state index in [0.717, 1.165) is 17.1 Å². The van der Waals surface area contributed by atoms with Gasteiger partial charge in [-0.3, -0.25) is 0 Å². The maximum absolute atomic E-state index is 10.8. The fourth-order valence-corrected chi connectivity index (χ4v) is 1.78. The molecule has 1 aromatic rings. The van der Waals surface area contributed by atoms with E-state index < -0.39 is 12.1 Å². The largest absolute Gasteiger partial charge is 0.479 e. The third-order valence-electron chi connectivity index (χ3n) is 2.79. The van der Waals surface area contributed by atoms with Crippen molar-refractivity contribution in [2.24, 2.45) is 0 Å². The average Bonchev–Trinajstić information content (AvgIpc) is 2.81. The van der Waals surface area contributed by atoms with Crippen molar-refractivity contribution < 1.29 is 24.1 Å². The van der Waals surface area contributed by atoms with Crippen LogP contribution in [0.5, 0.6) is 11.5 Å². The lowest BCUT2D eigenvalue weighted by Gasteiger charge is -2.11. The molecule has 0 saturated heterocycles. The van der Waals surface area contributed by atoms with Crippen LogP contribution < -0.4 is 9.47 Å². The first kappa shape index (κ1) is 12.7. The van der Waals surface area contributed by atoms with Crippen LogP contribution in [0.2, 0.25) is 0 Å². The SMILES string of the molecule is CCC(OCCc1ccc2c(c1)OCO2)C(=O)O. The maximum Gasteiger partial charge on any atom is 0.332 e. The number of carboxylic acids is 1. The molecular formula is C13H16O5. The van der Waals surface area contributed by atoms with Crippen molar-refractivity contribution >= 4 is 5.97 Å². The highest BCUT2D eigenvalue weighted by Crippen LogP contribution is 2.32. The first-order valence-corrected chi connectivity index (χ1v) is 5.93. The number of rotatable bonds is 6. The van der Waals surface area contributed by atoms with E-state index in [1.165, 1.54) is 0 Å². The lowest BCUT2D eigenvalue weighted by molar-refractivity contribution is -0.150. The molecule has 1 atom stereocenters. The minimum Gasteiger partial charge on any atom is -0.479 e. The quantitative estimate of drug-likeness (QED) is 0.836. The number of carbonyl (C=O) groups is 1. The molecule has 1 aliphatic heterocycles. The monoisotopic (exact) mass is 252 g/mol. The summed E-state index contributed by atoms with van der Waals surface area (Å²) in [5.74, 6) is 0.567. The number of carboxylic acid groups (broad SMARTS) is 1. The van der Waals surface area contributed by atoms with Gasteiger partial charge in [-0.2, -0.15) is 0 Å². The molecule has 1 N–H and O–H groups in total. The third-order valence-corrected chi connectivity index (χ3v) is 2.79. The zero-order valence-electron chi connectivity index (χ0n) is 10.2. The molecule has 0 bridgehead atoms. The second-order valence-electron chi connectivity index (χ2n) is 4.04. The molecule has 0 saturated carbocycles. The fourth-order valence-electron chi connectivity index (χ4n) is 1.78. The Labute approximate surface area is 105 Å². The van der Waals surface area contributed by atoms with Crippen LogP contribution in [0.25, 0.3) is 0 Å². The first-order chi connectivity index (χ1) is 8.70. The molecular weight excluding hydrogens is 236 g/mol. The number of aliphatic carboxylic acids is 1. The van der Waals surface area contributed by atoms with Gasteiger partial charge in [0.05, 0.1) is 6.61 Å². The number of ether oxygens (including phenoxy) is 3. The number of hydrogen-bond donors (Lipinski definition) is 1. The van der Waals surface area contributed by atoms with E-state index in [9.17, 15) is 4.79 Å². The van der Waals surface area contributed by atoms with Gasteiger partial charge in [0, 0.05) is 0 Å². The molecule has 1 aromatic carbocycles. The number of hydrogen-bond acceptors (Lipinski definition) is 4. The van der Waals surface area contributed by atoms with Crippen LogP contribution in [0, 0.1) is 0 Å². The van der Waals surface area contributed by atoms with Crippen molar-refractivity contribution in [3.8, 4) is 11.5 Å². The van der Waals surface area contributed by atoms with Gasteiger partial charge in [-0.15, -0.1) is 0 Å². The molecule has 0 amide bonds. The summed E-state index contributed by atoms with van der Waals surface area (Å²) in [5, 5.41) is 8.84. The molecule has 0 aromatic heterocycles. The van der Waals surface area contributed by atoms with Gasteiger partial charge in [0.25, 0.3) is 0 Å². The van der Waals surface area contributed by atoms with E-state index >= 15 is 0 Å². The summed E-state index contributed by atoms with van der Waals surface area (Å²) in [4.78, 5) is 10.8. The minimum absolute atomic E-state index is 0.256. The van der Waals surface area contributed by atoms with E-state index in [0.29, 0.717) is 19.4 Å². The summed E-state index contributed by atoms with van der Waals surface area (Å²) in [5.41, 5.74) is 1.04. The lowest BCUT2D eigenvalue weighted by atomic mass is 10.1. The topological polar surface area (TPSA) is 65.0 Å². The van der Waals surface area contributed by atoms with E-state index in [-0.39, 0.29) is 6.79 Å². The molecule has 0 spiro atoms. The Morgan fingerprint density at radius 2 is 2.22 bits per heavy atom. The van der Waals surface area contributed by atoms with Crippen molar-refractivity contribution in [1.82, 2.24) is 0 Å². The van der Waals surface area contributed by atoms with Gasteiger partial charge >= 0.3 is 5.97 Å². The molecule has 1 unspecified atom stereocenters. The van der Waals surface area contributed by atoms with Crippen molar-refractivity contribution in [1.29, 1.82) is 0 Å². The lowest BCUT2D eigenvalue weighted by Crippen LogP contribution is -2.23. The molecule has 1 heterocycles. The Bertz CT molecular complexity index is 429. The average molecular weight is 252 g/mol. The summed E-state index contributed by atoms with van der Waals surface area (Å²) < 4.78 is 15.8. The minimum atomic E-state index is -0.914. The smallest absolute Gasteiger partial charge is 0.332 e. The van der Waals surface area contributed by atoms with Crippen LogP contribution in [-0.2, 0) is 16.0 Å². The molecule has 98 valence electrons. The molecule has 1 aliphatic rings. The van der Waals surface area contributed by atoms with Gasteiger partial charge in [0.15, 0.2) is 17.6 Å². The summed E-state index contributed by atoms with van der Waals surface area (Å²) in [6.45, 7) is 2.43. The molecule has 2 rings (SSSR count). The van der Waals surface area contributed by atoms with E-state index in [1.54, 1.807) is 6.92 Å². The van der Waals surface area contributed by atoms with Gasteiger partial charge in [0.1, 0.15) is 0 Å². The Morgan fingerprint density at radius 1 is 1.44 bits per heavy atom. The van der Waals surface area contributed by atoms with Crippen LogP contribution in [0.15, 0.2) is 18.2 Å². The van der Waals surface area contributed by atoms with Gasteiger partial charge in [-0.25, -0.2) is 4.79 Å². The van der Waals surface area contributed by atoms with Crippen LogP contribution in [0.4, 0.5) is 0 Å².